The molecule has 3 aromatic carbocycles. The molecular formula is C23H23NO2. The van der Waals surface area contributed by atoms with E-state index in [-0.39, 0.29) is 11.6 Å². The first-order valence-corrected chi connectivity index (χ1v) is 8.81. The summed E-state index contributed by atoms with van der Waals surface area (Å²) in [5.74, 6) is 1.76. The number of rotatable bonds is 5. The highest BCUT2D eigenvalue weighted by atomic mass is 16.5. The monoisotopic (exact) mass is 345 g/mol. The number of nitrogens with zero attached hydrogens (tertiary/aromatic N) is 1. The molecule has 0 saturated carbocycles. The Morgan fingerprint density at radius 2 is 1.46 bits per heavy atom. The van der Waals surface area contributed by atoms with Crippen molar-refractivity contribution in [2.75, 3.05) is 19.1 Å². The molecule has 132 valence electrons. The normalized spacial score (nSPS) is 21.3. The average molecular weight is 345 g/mol. The summed E-state index contributed by atoms with van der Waals surface area (Å²) in [6.07, 6.45) is 0. The highest BCUT2D eigenvalue weighted by Crippen LogP contribution is 2.62. The zero-order valence-electron chi connectivity index (χ0n) is 15.3. The molecule has 0 radical (unpaired) electrons. The van der Waals surface area contributed by atoms with Crippen LogP contribution < -0.4 is 14.4 Å². The molecule has 1 fully saturated rings. The van der Waals surface area contributed by atoms with Crippen LogP contribution in [0.25, 0.3) is 0 Å². The van der Waals surface area contributed by atoms with Gasteiger partial charge in [0.15, 0.2) is 0 Å². The smallest absolute Gasteiger partial charge is 0.119 e. The first-order valence-electron chi connectivity index (χ1n) is 8.81. The van der Waals surface area contributed by atoms with Crippen LogP contribution in [0, 0.1) is 0 Å². The second-order valence-corrected chi connectivity index (χ2v) is 6.76. The molecule has 0 aliphatic carbocycles. The van der Waals surface area contributed by atoms with Gasteiger partial charge in [-0.25, -0.2) is 0 Å². The van der Waals surface area contributed by atoms with Crippen molar-refractivity contribution in [1.82, 2.24) is 0 Å². The minimum Gasteiger partial charge on any atom is -0.497 e. The van der Waals surface area contributed by atoms with E-state index in [1.807, 2.05) is 18.2 Å². The molecule has 0 aromatic heterocycles. The predicted molar refractivity (Wildman–Crippen MR) is 105 cm³/mol. The van der Waals surface area contributed by atoms with Gasteiger partial charge in [0.2, 0.25) is 0 Å². The molecule has 26 heavy (non-hydrogen) atoms. The van der Waals surface area contributed by atoms with E-state index in [0.29, 0.717) is 0 Å². The van der Waals surface area contributed by atoms with Gasteiger partial charge >= 0.3 is 0 Å². The molecule has 0 spiro atoms. The van der Waals surface area contributed by atoms with Crippen LogP contribution >= 0.6 is 0 Å². The quantitative estimate of drug-likeness (QED) is 0.595. The Labute approximate surface area is 154 Å². The molecule has 3 aromatic rings. The molecule has 0 bridgehead atoms. The summed E-state index contributed by atoms with van der Waals surface area (Å²) in [6, 6.07) is 27.6. The molecule has 0 N–H and O–H groups in total. The Morgan fingerprint density at radius 3 is 2.12 bits per heavy atom. The Balaban J connectivity index is 1.78. The van der Waals surface area contributed by atoms with Gasteiger partial charge < -0.3 is 14.4 Å². The fourth-order valence-electron chi connectivity index (χ4n) is 3.89. The maximum atomic E-state index is 5.45. The highest BCUT2D eigenvalue weighted by Gasteiger charge is 2.60. The van der Waals surface area contributed by atoms with E-state index in [9.17, 15) is 0 Å². The molecule has 0 unspecified atom stereocenters. The summed E-state index contributed by atoms with van der Waals surface area (Å²) >= 11 is 0. The number of ether oxygens (including phenoxy) is 2. The lowest BCUT2D eigenvalue weighted by molar-refractivity contribution is 0.413. The molecule has 1 aliphatic heterocycles. The Morgan fingerprint density at radius 1 is 0.769 bits per heavy atom. The summed E-state index contributed by atoms with van der Waals surface area (Å²) in [6.45, 7) is 2.30. The van der Waals surface area contributed by atoms with Crippen molar-refractivity contribution < 1.29 is 9.47 Å². The minimum atomic E-state index is -0.121. The summed E-state index contributed by atoms with van der Waals surface area (Å²) in [7, 11) is 3.41. The van der Waals surface area contributed by atoms with Crippen LogP contribution in [0.1, 0.15) is 24.1 Å². The van der Waals surface area contributed by atoms with Gasteiger partial charge in [-0.05, 0) is 54.4 Å². The standard InChI is InChI=1S/C23H23NO2/c1-23(18-10-7-11-21(16-18)26-3)22(17-8-5-4-6-9-17)24(23)19-12-14-20(25-2)15-13-19/h4-16,22H,1-3H3/t22-,23-,24?/m1/s1. The Kier molecular flexibility index (Phi) is 4.08. The van der Waals surface area contributed by atoms with Crippen molar-refractivity contribution in [2.45, 2.75) is 18.5 Å². The van der Waals surface area contributed by atoms with Crippen molar-refractivity contribution in [1.29, 1.82) is 0 Å². The van der Waals surface area contributed by atoms with Gasteiger partial charge in [0, 0.05) is 5.69 Å². The number of benzene rings is 3. The van der Waals surface area contributed by atoms with Crippen molar-refractivity contribution >= 4 is 5.69 Å². The first-order chi connectivity index (χ1) is 12.7. The summed E-state index contributed by atoms with van der Waals surface area (Å²) < 4.78 is 10.8. The fraction of sp³-hybridized carbons (Fsp3) is 0.217. The molecule has 1 aliphatic rings. The van der Waals surface area contributed by atoms with Crippen LogP contribution in [0.4, 0.5) is 5.69 Å². The Bertz CT molecular complexity index is 892. The highest BCUT2D eigenvalue weighted by molar-refractivity contribution is 5.66. The third-order valence-corrected chi connectivity index (χ3v) is 5.34. The zero-order chi connectivity index (χ0) is 18.1. The maximum absolute atomic E-state index is 5.45. The SMILES string of the molecule is COc1ccc(N2[C@H](c3ccccc3)[C@@]2(C)c2cccc(OC)c2)cc1. The lowest BCUT2D eigenvalue weighted by Crippen LogP contribution is -2.11. The van der Waals surface area contributed by atoms with Gasteiger partial charge in [0.25, 0.3) is 0 Å². The topological polar surface area (TPSA) is 21.5 Å². The van der Waals surface area contributed by atoms with Crippen molar-refractivity contribution in [2.24, 2.45) is 0 Å². The second-order valence-electron chi connectivity index (χ2n) is 6.76. The summed E-state index contributed by atoms with van der Waals surface area (Å²) in [5.41, 5.74) is 3.63. The largest absolute Gasteiger partial charge is 0.497 e. The van der Waals surface area contributed by atoms with Crippen LogP contribution in [0.2, 0.25) is 0 Å². The van der Waals surface area contributed by atoms with Gasteiger partial charge in [-0.1, -0.05) is 42.5 Å². The third kappa shape index (κ3) is 2.60. The molecule has 3 nitrogen and oxygen atoms in total. The number of methoxy groups -OCH3 is 2. The number of anilines is 1. The van der Waals surface area contributed by atoms with Crippen molar-refractivity contribution in [3.05, 3.63) is 90.0 Å². The second kappa shape index (κ2) is 6.41. The molecule has 4 rings (SSSR count). The van der Waals surface area contributed by atoms with Gasteiger partial charge in [0.05, 0.1) is 25.8 Å². The third-order valence-electron chi connectivity index (χ3n) is 5.34. The molecule has 3 heteroatoms. The van der Waals surface area contributed by atoms with E-state index in [2.05, 4.69) is 72.5 Å². The number of hydrogen-bond donors (Lipinski definition) is 0. The van der Waals surface area contributed by atoms with E-state index >= 15 is 0 Å². The first kappa shape index (κ1) is 16.5. The lowest BCUT2D eigenvalue weighted by Gasteiger charge is -2.15. The van der Waals surface area contributed by atoms with Crippen LogP contribution in [-0.4, -0.2) is 14.2 Å². The molecule has 0 amide bonds. The lowest BCUT2D eigenvalue weighted by atomic mass is 9.93. The van der Waals surface area contributed by atoms with Crippen LogP contribution in [-0.2, 0) is 5.54 Å². The minimum absolute atomic E-state index is 0.121. The fourth-order valence-corrected chi connectivity index (χ4v) is 3.89. The predicted octanol–water partition coefficient (Wildman–Crippen LogP) is 5.18. The van der Waals surface area contributed by atoms with Crippen molar-refractivity contribution in [3.63, 3.8) is 0 Å². The van der Waals surface area contributed by atoms with Gasteiger partial charge in [0.1, 0.15) is 11.5 Å². The Hall–Kier alpha value is -2.94. The zero-order valence-corrected chi connectivity index (χ0v) is 15.3. The molecule has 1 heterocycles. The van der Waals surface area contributed by atoms with Gasteiger partial charge in [-0.15, -0.1) is 0 Å². The summed E-state index contributed by atoms with van der Waals surface area (Å²) in [4.78, 5) is 2.45. The van der Waals surface area contributed by atoms with Gasteiger partial charge in [-0.3, -0.25) is 0 Å². The van der Waals surface area contributed by atoms with E-state index in [4.69, 9.17) is 9.47 Å². The van der Waals surface area contributed by atoms with E-state index in [0.717, 1.165) is 11.5 Å². The van der Waals surface area contributed by atoms with E-state index in [1.54, 1.807) is 14.2 Å². The maximum Gasteiger partial charge on any atom is 0.119 e. The van der Waals surface area contributed by atoms with E-state index < -0.39 is 0 Å². The number of hydrogen-bond acceptors (Lipinski definition) is 3. The van der Waals surface area contributed by atoms with Gasteiger partial charge in [-0.2, -0.15) is 0 Å². The molecular weight excluding hydrogens is 322 g/mol. The molecule has 2 atom stereocenters. The molecule has 1 saturated heterocycles. The average Bonchev–Trinajstić information content (AvgIpc) is 3.35. The van der Waals surface area contributed by atoms with Crippen LogP contribution in [0.3, 0.4) is 0 Å². The van der Waals surface area contributed by atoms with Crippen molar-refractivity contribution in [3.8, 4) is 11.5 Å². The van der Waals surface area contributed by atoms with Crippen LogP contribution in [0.15, 0.2) is 78.9 Å². The summed E-state index contributed by atoms with van der Waals surface area (Å²) in [5, 5.41) is 0. The van der Waals surface area contributed by atoms with Crippen LogP contribution in [0.5, 0.6) is 11.5 Å². The van der Waals surface area contributed by atoms with E-state index in [1.165, 1.54) is 16.8 Å².